The van der Waals surface area contributed by atoms with Crippen molar-refractivity contribution in [2.75, 3.05) is 13.1 Å². The lowest BCUT2D eigenvalue weighted by Crippen LogP contribution is -2.51. The Bertz CT molecular complexity index is 684. The standard InChI is InChI=1S/C13H15N5O3/c1-2-16-5-3-4-11(16)12(19)17-6-9(7-17)18-8-10(13(20)21)14-15-18/h3-5,8-9H,2,6-7H2,1H3,(H,20,21). The fourth-order valence-electron chi connectivity index (χ4n) is 2.39. The number of hydrogen-bond donors (Lipinski definition) is 1. The Morgan fingerprint density at radius 3 is 2.81 bits per heavy atom. The number of nitrogens with zero attached hydrogens (tertiary/aromatic N) is 5. The molecule has 1 aliphatic heterocycles. The average Bonchev–Trinajstić information content (AvgIpc) is 3.05. The predicted molar refractivity (Wildman–Crippen MR) is 72.0 cm³/mol. The Balaban J connectivity index is 1.65. The number of aromatic carboxylic acids is 1. The van der Waals surface area contributed by atoms with Gasteiger partial charge in [-0.2, -0.15) is 0 Å². The van der Waals surface area contributed by atoms with Crippen molar-refractivity contribution in [1.29, 1.82) is 0 Å². The molecule has 0 saturated carbocycles. The van der Waals surface area contributed by atoms with Gasteiger partial charge in [0.2, 0.25) is 0 Å². The molecule has 1 saturated heterocycles. The third-order valence-corrected chi connectivity index (χ3v) is 3.64. The summed E-state index contributed by atoms with van der Waals surface area (Å²) in [5, 5.41) is 16.2. The van der Waals surface area contributed by atoms with E-state index in [4.69, 9.17) is 5.11 Å². The highest BCUT2D eigenvalue weighted by Crippen LogP contribution is 2.22. The Kier molecular flexibility index (Phi) is 3.20. The first kappa shape index (κ1) is 13.3. The highest BCUT2D eigenvalue weighted by atomic mass is 16.4. The molecule has 1 fully saturated rings. The van der Waals surface area contributed by atoms with Crippen molar-refractivity contribution in [2.24, 2.45) is 0 Å². The van der Waals surface area contributed by atoms with Crippen molar-refractivity contribution < 1.29 is 14.7 Å². The largest absolute Gasteiger partial charge is 0.476 e. The molecule has 1 aliphatic rings. The van der Waals surface area contributed by atoms with Gasteiger partial charge in [0.15, 0.2) is 5.69 Å². The molecule has 1 amide bonds. The number of aromatic nitrogens is 4. The van der Waals surface area contributed by atoms with Crippen molar-refractivity contribution in [3.05, 3.63) is 35.9 Å². The Labute approximate surface area is 120 Å². The molecular formula is C13H15N5O3. The van der Waals surface area contributed by atoms with Crippen LogP contribution in [-0.2, 0) is 6.54 Å². The number of carbonyl (C=O) groups excluding carboxylic acids is 1. The zero-order valence-corrected chi connectivity index (χ0v) is 11.5. The summed E-state index contributed by atoms with van der Waals surface area (Å²) in [6.07, 6.45) is 3.27. The van der Waals surface area contributed by atoms with E-state index in [9.17, 15) is 9.59 Å². The molecule has 1 N–H and O–H groups in total. The molecule has 0 atom stereocenters. The number of hydrogen-bond acceptors (Lipinski definition) is 4. The molecule has 110 valence electrons. The van der Waals surface area contributed by atoms with E-state index in [1.165, 1.54) is 10.9 Å². The fraction of sp³-hybridized carbons (Fsp3) is 0.385. The minimum Gasteiger partial charge on any atom is -0.476 e. The van der Waals surface area contributed by atoms with Crippen LogP contribution in [0.4, 0.5) is 0 Å². The number of carboxylic acid groups (broad SMARTS) is 1. The van der Waals surface area contributed by atoms with E-state index in [0.717, 1.165) is 6.54 Å². The first-order chi connectivity index (χ1) is 10.1. The molecule has 0 spiro atoms. The van der Waals surface area contributed by atoms with E-state index in [2.05, 4.69) is 10.3 Å². The van der Waals surface area contributed by atoms with Crippen molar-refractivity contribution in [2.45, 2.75) is 19.5 Å². The first-order valence-corrected chi connectivity index (χ1v) is 6.69. The van der Waals surface area contributed by atoms with Gasteiger partial charge in [-0.25, -0.2) is 9.48 Å². The molecule has 2 aromatic rings. The van der Waals surface area contributed by atoms with Gasteiger partial charge in [0, 0.05) is 25.8 Å². The van der Waals surface area contributed by atoms with Crippen LogP contribution in [0.5, 0.6) is 0 Å². The molecular weight excluding hydrogens is 274 g/mol. The Hall–Kier alpha value is -2.64. The van der Waals surface area contributed by atoms with Crippen molar-refractivity contribution in [3.63, 3.8) is 0 Å². The van der Waals surface area contributed by atoms with Crippen LogP contribution in [0.2, 0.25) is 0 Å². The van der Waals surface area contributed by atoms with Crippen LogP contribution < -0.4 is 0 Å². The summed E-state index contributed by atoms with van der Waals surface area (Å²) >= 11 is 0. The average molecular weight is 289 g/mol. The molecule has 8 nitrogen and oxygen atoms in total. The van der Waals surface area contributed by atoms with E-state index < -0.39 is 5.97 Å². The van der Waals surface area contributed by atoms with Crippen LogP contribution in [0.25, 0.3) is 0 Å². The zero-order valence-electron chi connectivity index (χ0n) is 11.5. The third-order valence-electron chi connectivity index (χ3n) is 3.64. The van der Waals surface area contributed by atoms with Crippen LogP contribution in [0, 0.1) is 0 Å². The normalized spacial score (nSPS) is 15.0. The maximum atomic E-state index is 12.3. The van der Waals surface area contributed by atoms with E-state index in [-0.39, 0.29) is 17.6 Å². The lowest BCUT2D eigenvalue weighted by Gasteiger charge is -2.38. The molecule has 3 heterocycles. The number of carboxylic acids is 1. The van der Waals surface area contributed by atoms with Crippen LogP contribution in [0.15, 0.2) is 24.5 Å². The van der Waals surface area contributed by atoms with Crippen LogP contribution in [0.3, 0.4) is 0 Å². The molecule has 21 heavy (non-hydrogen) atoms. The van der Waals surface area contributed by atoms with Gasteiger partial charge in [-0.05, 0) is 19.1 Å². The SMILES string of the molecule is CCn1cccc1C(=O)N1CC(n2cc(C(=O)O)nn2)C1. The molecule has 0 aromatic carbocycles. The highest BCUT2D eigenvalue weighted by molar-refractivity contribution is 5.93. The van der Waals surface area contributed by atoms with E-state index in [1.807, 2.05) is 23.8 Å². The number of carbonyl (C=O) groups is 2. The van der Waals surface area contributed by atoms with Crippen molar-refractivity contribution in [1.82, 2.24) is 24.5 Å². The van der Waals surface area contributed by atoms with Crippen LogP contribution >= 0.6 is 0 Å². The summed E-state index contributed by atoms with van der Waals surface area (Å²) in [5.41, 5.74) is 0.584. The third kappa shape index (κ3) is 2.28. The van der Waals surface area contributed by atoms with Gasteiger partial charge in [0.1, 0.15) is 5.69 Å². The first-order valence-electron chi connectivity index (χ1n) is 6.69. The van der Waals surface area contributed by atoms with Gasteiger partial charge in [-0.15, -0.1) is 5.10 Å². The molecule has 0 aliphatic carbocycles. The van der Waals surface area contributed by atoms with E-state index in [1.54, 1.807) is 11.0 Å². The maximum absolute atomic E-state index is 12.3. The van der Waals surface area contributed by atoms with E-state index in [0.29, 0.717) is 18.8 Å². The minimum absolute atomic E-state index is 0.0143. The van der Waals surface area contributed by atoms with Gasteiger partial charge < -0.3 is 14.6 Å². The van der Waals surface area contributed by atoms with Gasteiger partial charge in [-0.1, -0.05) is 5.21 Å². The molecule has 0 bridgehead atoms. The molecule has 8 heteroatoms. The number of rotatable bonds is 4. The number of amides is 1. The Morgan fingerprint density at radius 2 is 2.19 bits per heavy atom. The van der Waals surface area contributed by atoms with Gasteiger partial charge >= 0.3 is 5.97 Å². The lowest BCUT2D eigenvalue weighted by atomic mass is 10.1. The van der Waals surface area contributed by atoms with Crippen LogP contribution in [-0.4, -0.2) is 54.5 Å². The maximum Gasteiger partial charge on any atom is 0.358 e. The summed E-state index contributed by atoms with van der Waals surface area (Å²) in [7, 11) is 0. The second kappa shape index (κ2) is 5.04. The summed E-state index contributed by atoms with van der Waals surface area (Å²) in [5.74, 6) is -1.12. The second-order valence-electron chi connectivity index (χ2n) is 4.93. The van der Waals surface area contributed by atoms with Crippen molar-refractivity contribution in [3.8, 4) is 0 Å². The fourth-order valence-corrected chi connectivity index (χ4v) is 2.39. The lowest BCUT2D eigenvalue weighted by molar-refractivity contribution is 0.0486. The van der Waals surface area contributed by atoms with Gasteiger partial charge in [0.05, 0.1) is 12.2 Å². The van der Waals surface area contributed by atoms with Gasteiger partial charge in [0.25, 0.3) is 5.91 Å². The molecule has 3 rings (SSSR count). The molecule has 2 aromatic heterocycles. The van der Waals surface area contributed by atoms with E-state index >= 15 is 0 Å². The summed E-state index contributed by atoms with van der Waals surface area (Å²) in [6, 6.07) is 3.64. The summed E-state index contributed by atoms with van der Waals surface area (Å²) < 4.78 is 3.40. The Morgan fingerprint density at radius 1 is 1.43 bits per heavy atom. The zero-order chi connectivity index (χ0) is 15.0. The van der Waals surface area contributed by atoms with Crippen LogP contribution in [0.1, 0.15) is 33.9 Å². The topological polar surface area (TPSA) is 93.2 Å². The summed E-state index contributed by atoms with van der Waals surface area (Å²) in [4.78, 5) is 24.8. The smallest absolute Gasteiger partial charge is 0.358 e. The predicted octanol–water partition coefficient (Wildman–Crippen LogP) is 0.495. The van der Waals surface area contributed by atoms with Crippen molar-refractivity contribution >= 4 is 11.9 Å². The molecule has 0 radical (unpaired) electrons. The highest BCUT2D eigenvalue weighted by Gasteiger charge is 2.34. The number of likely N-dealkylation sites (tertiary alicyclic amines) is 1. The second-order valence-corrected chi connectivity index (χ2v) is 4.93. The van der Waals surface area contributed by atoms with Gasteiger partial charge in [-0.3, -0.25) is 4.79 Å². The summed E-state index contributed by atoms with van der Waals surface area (Å²) in [6.45, 7) is 3.75. The monoisotopic (exact) mass is 289 g/mol. The molecule has 0 unspecified atom stereocenters. The minimum atomic E-state index is -1.10. The number of aryl methyl sites for hydroxylation is 1. The quantitative estimate of drug-likeness (QED) is 0.884.